The molecule has 4 aliphatic rings. The van der Waals surface area contributed by atoms with Gasteiger partial charge in [0, 0.05) is 19.5 Å². The Morgan fingerprint density at radius 1 is 1.28 bits per heavy atom. The molecule has 8 nitrogen and oxygen atoms in total. The van der Waals surface area contributed by atoms with Crippen LogP contribution in [0, 0.1) is 5.92 Å². The van der Waals surface area contributed by atoms with Crippen LogP contribution in [-0.4, -0.2) is 56.1 Å². The summed E-state index contributed by atoms with van der Waals surface area (Å²) in [6.45, 7) is 3.23. The van der Waals surface area contributed by atoms with Crippen molar-refractivity contribution in [1.82, 2.24) is 13.6 Å². The number of carbonyl (C=O) groups is 3. The molecule has 4 aliphatic heterocycles. The van der Waals surface area contributed by atoms with Crippen LogP contribution in [0.1, 0.15) is 37.8 Å². The minimum atomic E-state index is -1.41. The highest BCUT2D eigenvalue weighted by molar-refractivity contribution is 8.00. The van der Waals surface area contributed by atoms with Gasteiger partial charge in [-0.3, -0.25) is 4.79 Å². The van der Waals surface area contributed by atoms with Gasteiger partial charge in [-0.05, 0) is 18.8 Å². The quantitative estimate of drug-likeness (QED) is 0.421. The van der Waals surface area contributed by atoms with Gasteiger partial charge < -0.3 is 9.47 Å². The van der Waals surface area contributed by atoms with Crippen molar-refractivity contribution in [2.45, 2.75) is 43.0 Å². The van der Waals surface area contributed by atoms with Gasteiger partial charge in [0.25, 0.3) is 0 Å². The lowest BCUT2D eigenvalue weighted by Gasteiger charge is -2.53. The van der Waals surface area contributed by atoms with Gasteiger partial charge in [0.1, 0.15) is 22.4 Å². The normalized spacial score (nSPS) is 29.7. The zero-order chi connectivity index (χ0) is 17.6. The van der Waals surface area contributed by atoms with Crippen molar-refractivity contribution >= 4 is 41.2 Å². The summed E-state index contributed by atoms with van der Waals surface area (Å²) in [5.74, 6) is -3.06. The van der Waals surface area contributed by atoms with E-state index in [9.17, 15) is 14.4 Å². The number of ketones is 1. The molecule has 10 heteroatoms. The number of rotatable bonds is 5. The largest absolute Gasteiger partial charge is 0.421 e. The summed E-state index contributed by atoms with van der Waals surface area (Å²) in [4.78, 5) is 37.1. The van der Waals surface area contributed by atoms with Crippen LogP contribution in [0.2, 0.25) is 0 Å². The van der Waals surface area contributed by atoms with E-state index >= 15 is 0 Å². The lowest BCUT2D eigenvalue weighted by molar-refractivity contribution is -0.300. The SMILES string of the molecule is CCC(=O)CSc1nsnc1C1C2CCN(CC2)C12OC(=O)C(=O)O2. The molecule has 0 saturated carbocycles. The molecule has 2 bridgehead atoms. The van der Waals surface area contributed by atoms with Crippen LogP contribution in [-0.2, 0) is 23.9 Å². The Balaban J connectivity index is 1.68. The zero-order valence-corrected chi connectivity index (χ0v) is 15.2. The number of nitrogens with zero attached hydrogens (tertiary/aromatic N) is 3. The molecule has 4 fully saturated rings. The van der Waals surface area contributed by atoms with Gasteiger partial charge in [-0.25, -0.2) is 14.5 Å². The van der Waals surface area contributed by atoms with E-state index in [4.69, 9.17) is 9.47 Å². The van der Waals surface area contributed by atoms with Crippen molar-refractivity contribution in [3.63, 3.8) is 0 Å². The Morgan fingerprint density at radius 3 is 2.60 bits per heavy atom. The van der Waals surface area contributed by atoms with Gasteiger partial charge in [-0.15, -0.1) is 0 Å². The van der Waals surface area contributed by atoms with Crippen LogP contribution in [0.15, 0.2) is 5.03 Å². The second-order valence-electron chi connectivity index (χ2n) is 6.35. The first kappa shape index (κ1) is 16.9. The minimum Gasteiger partial charge on any atom is -0.399 e. The zero-order valence-electron chi connectivity index (χ0n) is 13.6. The summed E-state index contributed by atoms with van der Waals surface area (Å²) >= 11 is 2.40. The van der Waals surface area contributed by atoms with E-state index in [-0.39, 0.29) is 17.6 Å². The first-order valence-electron chi connectivity index (χ1n) is 8.23. The van der Waals surface area contributed by atoms with Crippen LogP contribution < -0.4 is 0 Å². The van der Waals surface area contributed by atoms with Crippen LogP contribution in [0.25, 0.3) is 0 Å². The maximum Gasteiger partial charge on any atom is 0.421 e. The highest BCUT2D eigenvalue weighted by Crippen LogP contribution is 2.53. The van der Waals surface area contributed by atoms with Crippen molar-refractivity contribution in [1.29, 1.82) is 0 Å². The predicted octanol–water partition coefficient (Wildman–Crippen LogP) is 1.17. The number of hydrogen-bond acceptors (Lipinski definition) is 10. The van der Waals surface area contributed by atoms with Crippen molar-refractivity contribution in [3.05, 3.63) is 5.69 Å². The van der Waals surface area contributed by atoms with E-state index in [1.54, 1.807) is 0 Å². The van der Waals surface area contributed by atoms with Crippen LogP contribution >= 0.6 is 23.5 Å². The molecule has 0 N–H and O–H groups in total. The molecule has 5 heterocycles. The fraction of sp³-hybridized carbons (Fsp3) is 0.667. The first-order valence-corrected chi connectivity index (χ1v) is 9.95. The van der Waals surface area contributed by atoms with Gasteiger partial charge in [0.2, 0.25) is 0 Å². The topological polar surface area (TPSA) is 98.7 Å². The van der Waals surface area contributed by atoms with E-state index in [1.807, 2.05) is 11.8 Å². The third-order valence-corrected chi connectivity index (χ3v) is 6.73. The molecule has 1 aromatic rings. The molecule has 0 aromatic carbocycles. The van der Waals surface area contributed by atoms with E-state index in [0.29, 0.717) is 36.0 Å². The summed E-state index contributed by atoms with van der Waals surface area (Å²) < 4.78 is 19.6. The summed E-state index contributed by atoms with van der Waals surface area (Å²) in [7, 11) is 0. The Bertz CT molecular complexity index is 713. The summed E-state index contributed by atoms with van der Waals surface area (Å²) in [6, 6.07) is 0. The lowest BCUT2D eigenvalue weighted by Crippen LogP contribution is -2.64. The number of fused-ring (bicyclic) bond motifs is 2. The summed E-state index contributed by atoms with van der Waals surface area (Å²) in [5, 5.41) is 0.656. The second kappa shape index (κ2) is 6.33. The molecule has 0 amide bonds. The Morgan fingerprint density at radius 2 is 1.96 bits per heavy atom. The third kappa shape index (κ3) is 2.67. The molecule has 25 heavy (non-hydrogen) atoms. The van der Waals surface area contributed by atoms with Crippen LogP contribution in [0.5, 0.6) is 0 Å². The second-order valence-corrected chi connectivity index (χ2v) is 7.84. The number of hydrogen-bond donors (Lipinski definition) is 0. The van der Waals surface area contributed by atoms with E-state index in [2.05, 4.69) is 8.75 Å². The number of thioether (sulfide) groups is 1. The Hall–Kier alpha value is -1.52. The van der Waals surface area contributed by atoms with E-state index in [0.717, 1.165) is 24.6 Å². The van der Waals surface area contributed by atoms with Gasteiger partial charge in [0.05, 0.1) is 17.5 Å². The highest BCUT2D eigenvalue weighted by atomic mass is 32.2. The van der Waals surface area contributed by atoms with Crippen LogP contribution in [0.4, 0.5) is 0 Å². The number of aromatic nitrogens is 2. The number of ether oxygens (including phenoxy) is 2. The maximum absolute atomic E-state index is 11.8. The highest BCUT2D eigenvalue weighted by Gasteiger charge is 2.65. The monoisotopic (exact) mass is 383 g/mol. The fourth-order valence-corrected chi connectivity index (χ4v) is 5.48. The molecule has 1 spiro atoms. The Kier molecular flexibility index (Phi) is 4.28. The average Bonchev–Trinajstić information content (AvgIpc) is 3.19. The van der Waals surface area contributed by atoms with Gasteiger partial charge in [-0.2, -0.15) is 8.75 Å². The molecule has 1 aromatic heterocycles. The fourth-order valence-electron chi connectivity index (χ4n) is 3.79. The van der Waals surface area contributed by atoms with E-state index < -0.39 is 17.8 Å². The van der Waals surface area contributed by atoms with Gasteiger partial charge in [-0.1, -0.05) is 18.7 Å². The number of esters is 2. The van der Waals surface area contributed by atoms with Crippen LogP contribution in [0.3, 0.4) is 0 Å². The molecule has 0 radical (unpaired) electrons. The molecule has 4 saturated heterocycles. The molecule has 5 rings (SSSR count). The number of piperidine rings is 3. The van der Waals surface area contributed by atoms with Crippen molar-refractivity contribution in [2.24, 2.45) is 5.92 Å². The number of carbonyl (C=O) groups excluding carboxylic acids is 3. The van der Waals surface area contributed by atoms with Gasteiger partial charge >= 0.3 is 17.8 Å². The third-order valence-electron chi connectivity index (χ3n) is 5.03. The number of Topliss-reactive ketones (excluding diaryl/α,β-unsaturated/α-hetero) is 1. The lowest BCUT2D eigenvalue weighted by atomic mass is 9.74. The first-order chi connectivity index (χ1) is 12.0. The smallest absolute Gasteiger partial charge is 0.399 e. The Labute approximate surface area is 152 Å². The standard InChI is InChI=1S/C15H17N3O5S2/c1-2-9(19)7-24-12-11(16-25-17-12)10-8-3-5-18(6-4-8)15(10)22-13(20)14(21)23-15/h8,10H,2-7H2,1H3. The van der Waals surface area contributed by atoms with Gasteiger partial charge in [0.15, 0.2) is 0 Å². The van der Waals surface area contributed by atoms with Crippen molar-refractivity contribution in [2.75, 3.05) is 18.8 Å². The summed E-state index contributed by atoms with van der Waals surface area (Å²) in [5.41, 5.74) is 0.663. The minimum absolute atomic E-state index is 0.131. The molecule has 0 aliphatic carbocycles. The molecule has 134 valence electrons. The predicted molar refractivity (Wildman–Crippen MR) is 87.9 cm³/mol. The maximum atomic E-state index is 11.8. The van der Waals surface area contributed by atoms with Crippen molar-refractivity contribution in [3.8, 4) is 0 Å². The molecular formula is C15H17N3O5S2. The average molecular weight is 383 g/mol. The van der Waals surface area contributed by atoms with Crippen molar-refractivity contribution < 1.29 is 23.9 Å². The molecule has 1 atom stereocenters. The molecular weight excluding hydrogens is 366 g/mol. The molecule has 1 unspecified atom stereocenters. The summed E-state index contributed by atoms with van der Waals surface area (Å²) in [6.07, 6.45) is 2.30. The van der Waals surface area contributed by atoms with E-state index in [1.165, 1.54) is 11.8 Å².